The molecule has 0 atom stereocenters. The highest BCUT2D eigenvalue weighted by molar-refractivity contribution is 5.95. The number of anilines is 3. The molecular formula is C17H19N5O3. The van der Waals surface area contributed by atoms with Crippen LogP contribution in [0.1, 0.15) is 36.5 Å². The zero-order valence-corrected chi connectivity index (χ0v) is 13.9. The van der Waals surface area contributed by atoms with Crippen LogP contribution >= 0.6 is 0 Å². The van der Waals surface area contributed by atoms with Gasteiger partial charge in [0.1, 0.15) is 6.33 Å². The lowest BCUT2D eigenvalue weighted by Crippen LogP contribution is -2.31. The van der Waals surface area contributed by atoms with E-state index in [1.165, 1.54) is 13.3 Å². The number of nitrogens with one attached hydrogen (secondary N) is 1. The van der Waals surface area contributed by atoms with Crippen LogP contribution in [0.15, 0.2) is 30.6 Å². The molecule has 2 heterocycles. The van der Waals surface area contributed by atoms with Crippen LogP contribution < -0.4 is 10.2 Å². The summed E-state index contributed by atoms with van der Waals surface area (Å²) in [5, 5.41) is 14.6. The van der Waals surface area contributed by atoms with E-state index in [1.54, 1.807) is 24.3 Å². The highest BCUT2D eigenvalue weighted by Gasteiger charge is 2.28. The number of nitro groups is 1. The van der Waals surface area contributed by atoms with Crippen LogP contribution in [0.25, 0.3) is 0 Å². The molecule has 0 unspecified atom stereocenters. The minimum absolute atomic E-state index is 0.0742. The van der Waals surface area contributed by atoms with Crippen molar-refractivity contribution in [3.8, 4) is 0 Å². The molecule has 0 radical (unpaired) electrons. The number of aromatic nitrogens is 2. The Balaban J connectivity index is 1.97. The summed E-state index contributed by atoms with van der Waals surface area (Å²) in [6.45, 7) is 2.97. The zero-order valence-electron chi connectivity index (χ0n) is 13.9. The van der Waals surface area contributed by atoms with Crippen molar-refractivity contribution < 1.29 is 9.72 Å². The number of hydrogen-bond acceptors (Lipinski definition) is 7. The van der Waals surface area contributed by atoms with E-state index in [9.17, 15) is 14.9 Å². The highest BCUT2D eigenvalue weighted by Crippen LogP contribution is 2.34. The molecule has 0 spiro atoms. The minimum Gasteiger partial charge on any atom is -0.351 e. The van der Waals surface area contributed by atoms with E-state index >= 15 is 0 Å². The third kappa shape index (κ3) is 3.73. The maximum absolute atomic E-state index is 11.7. The van der Waals surface area contributed by atoms with Crippen molar-refractivity contribution in [2.75, 3.05) is 23.3 Å². The maximum Gasteiger partial charge on any atom is 0.353 e. The van der Waals surface area contributed by atoms with Crippen LogP contribution in [-0.4, -0.2) is 33.8 Å². The van der Waals surface area contributed by atoms with Crippen molar-refractivity contribution in [1.82, 2.24) is 9.97 Å². The van der Waals surface area contributed by atoms with Crippen molar-refractivity contribution in [3.63, 3.8) is 0 Å². The molecule has 2 aromatic rings. The van der Waals surface area contributed by atoms with Gasteiger partial charge >= 0.3 is 5.69 Å². The molecule has 8 nitrogen and oxygen atoms in total. The van der Waals surface area contributed by atoms with Gasteiger partial charge in [-0.15, -0.1) is 0 Å². The van der Waals surface area contributed by atoms with Gasteiger partial charge in [-0.1, -0.05) is 12.1 Å². The molecule has 8 heteroatoms. The van der Waals surface area contributed by atoms with Crippen LogP contribution in [0.2, 0.25) is 0 Å². The van der Waals surface area contributed by atoms with E-state index in [0.29, 0.717) is 17.1 Å². The van der Waals surface area contributed by atoms with Crippen LogP contribution in [0, 0.1) is 10.1 Å². The van der Waals surface area contributed by atoms with Gasteiger partial charge in [-0.2, -0.15) is 0 Å². The van der Waals surface area contributed by atoms with Gasteiger partial charge in [0.15, 0.2) is 5.78 Å². The van der Waals surface area contributed by atoms with E-state index in [4.69, 9.17) is 0 Å². The average molecular weight is 341 g/mol. The molecule has 1 aromatic carbocycles. The fraction of sp³-hybridized carbons (Fsp3) is 0.353. The van der Waals surface area contributed by atoms with E-state index in [-0.39, 0.29) is 17.3 Å². The lowest BCUT2D eigenvalue weighted by Gasteiger charge is -2.27. The summed E-state index contributed by atoms with van der Waals surface area (Å²) < 4.78 is 0. The van der Waals surface area contributed by atoms with Gasteiger partial charge in [-0.25, -0.2) is 9.97 Å². The molecule has 3 rings (SSSR count). The van der Waals surface area contributed by atoms with Crippen molar-refractivity contribution in [3.05, 3.63) is 46.3 Å². The fourth-order valence-electron chi connectivity index (χ4n) is 2.92. The van der Waals surface area contributed by atoms with Gasteiger partial charge in [0, 0.05) is 24.3 Å². The third-order valence-corrected chi connectivity index (χ3v) is 4.17. The molecule has 0 saturated carbocycles. The first kappa shape index (κ1) is 16.8. The number of benzene rings is 1. The van der Waals surface area contributed by atoms with E-state index in [1.807, 2.05) is 4.90 Å². The van der Waals surface area contributed by atoms with E-state index in [0.717, 1.165) is 32.4 Å². The van der Waals surface area contributed by atoms with Crippen molar-refractivity contribution in [1.29, 1.82) is 0 Å². The molecule has 1 N–H and O–H groups in total. The lowest BCUT2D eigenvalue weighted by atomic mass is 10.1. The Kier molecular flexibility index (Phi) is 4.87. The SMILES string of the molecule is CC(=O)c1cccc(Nc2ncnc(N3CCCCC3)c2[N+](=O)[O-])c1. The molecule has 0 aliphatic carbocycles. The first-order valence-corrected chi connectivity index (χ1v) is 8.18. The van der Waals surface area contributed by atoms with Crippen molar-refractivity contribution >= 4 is 28.8 Å². The standard InChI is InChI=1S/C17H19N5O3/c1-12(23)13-6-5-7-14(10-13)20-16-15(22(24)25)17(19-11-18-16)21-8-3-2-4-9-21/h5-7,10-11H,2-4,8-9H2,1H3,(H,18,19,20). The molecule has 1 aromatic heterocycles. The highest BCUT2D eigenvalue weighted by atomic mass is 16.6. The Hall–Kier alpha value is -3.03. The van der Waals surface area contributed by atoms with Gasteiger partial charge in [0.25, 0.3) is 0 Å². The van der Waals surface area contributed by atoms with Crippen LogP contribution in [0.4, 0.5) is 23.0 Å². The summed E-state index contributed by atoms with van der Waals surface area (Å²) in [5.74, 6) is 0.390. The number of carbonyl (C=O) groups is 1. The molecule has 1 aliphatic rings. The van der Waals surface area contributed by atoms with Gasteiger partial charge in [0.05, 0.1) is 4.92 Å². The van der Waals surface area contributed by atoms with Gasteiger partial charge in [-0.3, -0.25) is 14.9 Å². The summed E-state index contributed by atoms with van der Waals surface area (Å²) in [6, 6.07) is 6.80. The predicted octanol–water partition coefficient (Wildman–Crippen LogP) is 3.32. The maximum atomic E-state index is 11.7. The third-order valence-electron chi connectivity index (χ3n) is 4.17. The summed E-state index contributed by atoms with van der Waals surface area (Å²) in [6.07, 6.45) is 4.43. The second-order valence-corrected chi connectivity index (χ2v) is 5.96. The monoisotopic (exact) mass is 341 g/mol. The Bertz CT molecular complexity index is 803. The van der Waals surface area contributed by atoms with Crippen LogP contribution in [0.5, 0.6) is 0 Å². The summed E-state index contributed by atoms with van der Waals surface area (Å²) in [4.78, 5) is 32.8. The number of carbonyl (C=O) groups excluding carboxylic acids is 1. The Labute approximate surface area is 145 Å². The molecule has 1 aliphatic heterocycles. The smallest absolute Gasteiger partial charge is 0.351 e. The molecule has 25 heavy (non-hydrogen) atoms. The zero-order chi connectivity index (χ0) is 17.8. The quantitative estimate of drug-likeness (QED) is 0.505. The molecule has 0 amide bonds. The first-order chi connectivity index (χ1) is 12.1. The summed E-state index contributed by atoms with van der Waals surface area (Å²) >= 11 is 0. The summed E-state index contributed by atoms with van der Waals surface area (Å²) in [5.41, 5.74) is 0.953. The number of nitrogens with zero attached hydrogens (tertiary/aromatic N) is 4. The Morgan fingerprint density at radius 3 is 2.68 bits per heavy atom. The van der Waals surface area contributed by atoms with Crippen LogP contribution in [0.3, 0.4) is 0 Å². The number of ketones is 1. The molecular weight excluding hydrogens is 322 g/mol. The Morgan fingerprint density at radius 1 is 1.24 bits per heavy atom. The Morgan fingerprint density at radius 2 is 2.00 bits per heavy atom. The molecule has 1 fully saturated rings. The fourth-order valence-corrected chi connectivity index (χ4v) is 2.92. The topological polar surface area (TPSA) is 101 Å². The minimum atomic E-state index is -0.457. The van der Waals surface area contributed by atoms with Gasteiger partial charge in [0.2, 0.25) is 11.6 Å². The van der Waals surface area contributed by atoms with Crippen LogP contribution in [-0.2, 0) is 0 Å². The van der Waals surface area contributed by atoms with Crippen molar-refractivity contribution in [2.24, 2.45) is 0 Å². The lowest BCUT2D eigenvalue weighted by molar-refractivity contribution is -0.383. The number of piperidine rings is 1. The predicted molar refractivity (Wildman–Crippen MR) is 94.5 cm³/mol. The second kappa shape index (κ2) is 7.25. The second-order valence-electron chi connectivity index (χ2n) is 5.96. The number of Topliss-reactive ketones (excluding diaryl/α,β-unsaturated/α-hetero) is 1. The van der Waals surface area contributed by atoms with E-state index < -0.39 is 4.92 Å². The number of rotatable bonds is 5. The number of hydrogen-bond donors (Lipinski definition) is 1. The van der Waals surface area contributed by atoms with Gasteiger partial charge in [-0.05, 0) is 38.3 Å². The first-order valence-electron chi connectivity index (χ1n) is 8.18. The van der Waals surface area contributed by atoms with Gasteiger partial charge < -0.3 is 10.2 Å². The molecule has 0 bridgehead atoms. The molecule has 130 valence electrons. The largest absolute Gasteiger partial charge is 0.353 e. The average Bonchev–Trinajstić information content (AvgIpc) is 2.62. The molecule has 1 saturated heterocycles. The summed E-state index contributed by atoms with van der Waals surface area (Å²) in [7, 11) is 0. The van der Waals surface area contributed by atoms with E-state index in [2.05, 4.69) is 15.3 Å². The van der Waals surface area contributed by atoms with Crippen molar-refractivity contribution in [2.45, 2.75) is 26.2 Å². The normalized spacial score (nSPS) is 14.2.